The Kier molecular flexibility index (Phi) is 4.74. The normalized spacial score (nSPS) is 29.7. The lowest BCUT2D eigenvalue weighted by Crippen LogP contribution is -2.38. The molecule has 0 aromatic heterocycles. The zero-order chi connectivity index (χ0) is 12.3. The van der Waals surface area contributed by atoms with Crippen LogP contribution in [-0.2, 0) is 10.0 Å². The molecule has 0 radical (unpaired) electrons. The molecule has 0 bridgehead atoms. The Bertz CT molecular complexity index is 341. The molecule has 0 spiro atoms. The van der Waals surface area contributed by atoms with Gasteiger partial charge in [0.25, 0.3) is 0 Å². The summed E-state index contributed by atoms with van der Waals surface area (Å²) in [5.41, 5.74) is 0. The van der Waals surface area contributed by atoms with Crippen LogP contribution in [0.2, 0.25) is 0 Å². The fourth-order valence-corrected chi connectivity index (χ4v) is 4.28. The maximum Gasteiger partial charge on any atom is 0.213 e. The van der Waals surface area contributed by atoms with Crippen LogP contribution in [0.1, 0.15) is 32.1 Å². The number of hydrogen-bond donors (Lipinski definition) is 2. The van der Waals surface area contributed by atoms with Crippen molar-refractivity contribution in [1.82, 2.24) is 10.0 Å². The van der Waals surface area contributed by atoms with Gasteiger partial charge < -0.3 is 5.32 Å². The van der Waals surface area contributed by atoms with Crippen molar-refractivity contribution in [3.05, 3.63) is 0 Å². The maximum atomic E-state index is 11.8. The quantitative estimate of drug-likeness (QED) is 0.728. The third-order valence-corrected chi connectivity index (χ3v) is 5.97. The van der Waals surface area contributed by atoms with E-state index in [2.05, 4.69) is 16.3 Å². The first-order valence-corrected chi connectivity index (χ1v) is 9.29. The van der Waals surface area contributed by atoms with Crippen molar-refractivity contribution in [2.24, 2.45) is 0 Å². The Hall–Kier alpha value is 0.220. The molecule has 4 nitrogen and oxygen atoms in total. The van der Waals surface area contributed by atoms with Crippen LogP contribution < -0.4 is 10.0 Å². The lowest BCUT2D eigenvalue weighted by molar-refractivity contribution is 0.549. The highest BCUT2D eigenvalue weighted by molar-refractivity contribution is 7.99. The van der Waals surface area contributed by atoms with Gasteiger partial charge in [-0.3, -0.25) is 0 Å². The first kappa shape index (κ1) is 13.6. The highest BCUT2D eigenvalue weighted by Crippen LogP contribution is 2.28. The predicted molar refractivity (Wildman–Crippen MR) is 72.9 cm³/mol. The van der Waals surface area contributed by atoms with E-state index in [9.17, 15) is 8.42 Å². The summed E-state index contributed by atoms with van der Waals surface area (Å²) in [7, 11) is -3.09. The van der Waals surface area contributed by atoms with E-state index in [-0.39, 0.29) is 11.8 Å². The molecule has 2 saturated carbocycles. The van der Waals surface area contributed by atoms with Gasteiger partial charge in [0, 0.05) is 23.9 Å². The van der Waals surface area contributed by atoms with E-state index < -0.39 is 10.0 Å². The minimum Gasteiger partial charge on any atom is -0.313 e. The minimum atomic E-state index is -3.09. The molecule has 2 rings (SSSR count). The number of nitrogens with one attached hydrogen (secondary N) is 2. The zero-order valence-corrected chi connectivity index (χ0v) is 11.9. The molecule has 6 heteroatoms. The molecule has 2 aliphatic rings. The van der Waals surface area contributed by atoms with E-state index in [1.807, 2.05) is 11.8 Å². The van der Waals surface area contributed by atoms with Gasteiger partial charge in [0.05, 0.1) is 5.75 Å². The molecule has 2 unspecified atom stereocenters. The van der Waals surface area contributed by atoms with Crippen LogP contribution in [0.5, 0.6) is 0 Å². The van der Waals surface area contributed by atoms with Gasteiger partial charge in [0.2, 0.25) is 10.0 Å². The molecule has 0 saturated heterocycles. The summed E-state index contributed by atoms with van der Waals surface area (Å²) in [6.07, 6.45) is 7.60. The second-order valence-corrected chi connectivity index (χ2v) is 8.04. The van der Waals surface area contributed by atoms with Crippen LogP contribution in [0.4, 0.5) is 0 Å². The zero-order valence-electron chi connectivity index (χ0n) is 10.3. The third kappa shape index (κ3) is 4.77. The summed E-state index contributed by atoms with van der Waals surface area (Å²) in [5.74, 6) is 0.212. The smallest absolute Gasteiger partial charge is 0.213 e. The van der Waals surface area contributed by atoms with Crippen LogP contribution in [0, 0.1) is 0 Å². The van der Waals surface area contributed by atoms with E-state index in [1.165, 1.54) is 12.8 Å². The van der Waals surface area contributed by atoms with Crippen molar-refractivity contribution in [3.8, 4) is 0 Å². The van der Waals surface area contributed by atoms with Gasteiger partial charge in [0.15, 0.2) is 0 Å². The van der Waals surface area contributed by atoms with Crippen LogP contribution in [0.15, 0.2) is 0 Å². The molecular formula is C11H22N2O2S2. The number of thioether (sulfide) groups is 1. The van der Waals surface area contributed by atoms with Crippen molar-refractivity contribution >= 4 is 21.8 Å². The Balaban J connectivity index is 1.68. The monoisotopic (exact) mass is 278 g/mol. The minimum absolute atomic E-state index is 0.165. The molecule has 0 amide bonds. The van der Waals surface area contributed by atoms with E-state index in [0.29, 0.717) is 17.8 Å². The summed E-state index contributed by atoms with van der Waals surface area (Å²) in [6, 6.07) is 0.746. The molecule has 2 aliphatic carbocycles. The Labute approximate surface area is 108 Å². The van der Waals surface area contributed by atoms with Crippen molar-refractivity contribution in [2.75, 3.05) is 18.6 Å². The molecule has 2 fully saturated rings. The molecule has 2 N–H and O–H groups in total. The van der Waals surface area contributed by atoms with E-state index in [1.54, 1.807) is 0 Å². The van der Waals surface area contributed by atoms with Crippen LogP contribution in [0.25, 0.3) is 0 Å². The fourth-order valence-electron chi connectivity index (χ4n) is 2.26. The average molecular weight is 278 g/mol. The van der Waals surface area contributed by atoms with Gasteiger partial charge in [-0.2, -0.15) is 11.8 Å². The van der Waals surface area contributed by atoms with Crippen molar-refractivity contribution in [1.29, 1.82) is 0 Å². The number of rotatable bonds is 7. The van der Waals surface area contributed by atoms with Crippen molar-refractivity contribution in [3.63, 3.8) is 0 Å². The van der Waals surface area contributed by atoms with Gasteiger partial charge in [-0.25, -0.2) is 13.1 Å². The van der Waals surface area contributed by atoms with E-state index >= 15 is 0 Å². The topological polar surface area (TPSA) is 58.2 Å². The molecule has 0 aromatic carbocycles. The van der Waals surface area contributed by atoms with Gasteiger partial charge in [-0.05, 0) is 38.4 Å². The largest absolute Gasteiger partial charge is 0.313 e. The number of hydrogen-bond acceptors (Lipinski definition) is 4. The second-order valence-electron chi connectivity index (χ2n) is 5.03. The second kappa shape index (κ2) is 5.91. The van der Waals surface area contributed by atoms with E-state index in [0.717, 1.165) is 19.3 Å². The SMILES string of the molecule is CSC1CCC(NS(=O)(=O)CCNC2CC2)C1. The van der Waals surface area contributed by atoms with Crippen molar-refractivity contribution < 1.29 is 8.42 Å². The van der Waals surface area contributed by atoms with Gasteiger partial charge >= 0.3 is 0 Å². The highest BCUT2D eigenvalue weighted by atomic mass is 32.2. The summed E-state index contributed by atoms with van der Waals surface area (Å²) in [6.45, 7) is 0.582. The first-order valence-electron chi connectivity index (χ1n) is 6.35. The molecule has 100 valence electrons. The van der Waals surface area contributed by atoms with Gasteiger partial charge in [-0.1, -0.05) is 0 Å². The molecule has 17 heavy (non-hydrogen) atoms. The van der Waals surface area contributed by atoms with Crippen molar-refractivity contribution in [2.45, 2.75) is 49.4 Å². The lowest BCUT2D eigenvalue weighted by atomic mass is 10.3. The average Bonchev–Trinajstić information content (AvgIpc) is 2.97. The van der Waals surface area contributed by atoms with Gasteiger partial charge in [0.1, 0.15) is 0 Å². The van der Waals surface area contributed by atoms with E-state index in [4.69, 9.17) is 0 Å². The molecule has 0 aliphatic heterocycles. The highest BCUT2D eigenvalue weighted by Gasteiger charge is 2.27. The molecule has 2 atom stereocenters. The summed E-state index contributed by atoms with van der Waals surface area (Å²) in [5, 5.41) is 3.87. The summed E-state index contributed by atoms with van der Waals surface area (Å²) < 4.78 is 26.5. The summed E-state index contributed by atoms with van der Waals surface area (Å²) in [4.78, 5) is 0. The number of sulfonamides is 1. The Morgan fingerprint density at radius 3 is 2.47 bits per heavy atom. The maximum absolute atomic E-state index is 11.8. The standard InChI is InChI=1S/C11H22N2O2S2/c1-16-11-5-4-10(8-11)13-17(14,15)7-6-12-9-2-3-9/h9-13H,2-8H2,1H3. The van der Waals surface area contributed by atoms with Crippen LogP contribution in [-0.4, -0.2) is 44.3 Å². The summed E-state index contributed by atoms with van der Waals surface area (Å²) >= 11 is 1.85. The predicted octanol–water partition coefficient (Wildman–Crippen LogP) is 0.942. The third-order valence-electron chi connectivity index (χ3n) is 3.45. The van der Waals surface area contributed by atoms with Crippen LogP contribution >= 0.6 is 11.8 Å². The molecular weight excluding hydrogens is 256 g/mol. The lowest BCUT2D eigenvalue weighted by Gasteiger charge is -2.13. The Morgan fingerprint density at radius 2 is 1.88 bits per heavy atom. The Morgan fingerprint density at radius 1 is 1.18 bits per heavy atom. The molecule has 0 heterocycles. The molecule has 0 aromatic rings. The van der Waals surface area contributed by atoms with Crippen LogP contribution in [0.3, 0.4) is 0 Å². The first-order chi connectivity index (χ1) is 8.09. The van der Waals surface area contributed by atoms with Gasteiger partial charge in [-0.15, -0.1) is 0 Å². The fraction of sp³-hybridized carbons (Fsp3) is 1.00.